The molecule has 0 unspecified atom stereocenters. The fraction of sp³-hybridized carbons (Fsp3) is 0.350. The smallest absolute Gasteiger partial charge is 0.191 e. The third-order valence-electron chi connectivity index (χ3n) is 4.14. The van der Waals surface area contributed by atoms with Crippen LogP contribution in [0.15, 0.2) is 35.3 Å². The lowest BCUT2D eigenvalue weighted by Gasteiger charge is -2.16. The summed E-state index contributed by atoms with van der Waals surface area (Å²) in [5, 5.41) is 6.44. The maximum atomic E-state index is 13.4. The zero-order valence-corrected chi connectivity index (χ0v) is 19.1. The third kappa shape index (κ3) is 6.15. The number of nitrogens with one attached hydrogen (secondary N) is 2. The lowest BCUT2D eigenvalue weighted by Crippen LogP contribution is -2.36. The molecule has 0 saturated heterocycles. The fourth-order valence-corrected chi connectivity index (χ4v) is 2.63. The van der Waals surface area contributed by atoms with Gasteiger partial charge in [0.05, 0.1) is 21.3 Å². The van der Waals surface area contributed by atoms with Crippen LogP contribution in [0, 0.1) is 12.7 Å². The molecule has 2 N–H and O–H groups in total. The number of halogens is 2. The Balaban J connectivity index is 0.00000392. The van der Waals surface area contributed by atoms with Gasteiger partial charge in [-0.15, -0.1) is 24.0 Å². The number of aliphatic imine (C=N–C) groups is 1. The Morgan fingerprint density at radius 2 is 1.54 bits per heavy atom. The highest BCUT2D eigenvalue weighted by Gasteiger charge is 2.12. The molecule has 8 heteroatoms. The number of benzene rings is 2. The van der Waals surface area contributed by atoms with E-state index in [1.165, 1.54) is 6.07 Å². The van der Waals surface area contributed by atoms with Crippen LogP contribution in [0.4, 0.5) is 4.39 Å². The molecule has 154 valence electrons. The number of ether oxygens (including phenoxy) is 3. The summed E-state index contributed by atoms with van der Waals surface area (Å²) in [7, 11) is 6.47. The van der Waals surface area contributed by atoms with Crippen molar-refractivity contribution in [2.45, 2.75) is 20.0 Å². The Morgan fingerprint density at radius 1 is 0.929 bits per heavy atom. The second-order valence-corrected chi connectivity index (χ2v) is 5.88. The first-order chi connectivity index (χ1) is 13.0. The van der Waals surface area contributed by atoms with Gasteiger partial charge in [-0.25, -0.2) is 4.39 Å². The van der Waals surface area contributed by atoms with Crippen molar-refractivity contribution >= 4 is 29.9 Å². The molecule has 6 nitrogen and oxygen atoms in total. The average Bonchev–Trinajstić information content (AvgIpc) is 2.69. The molecule has 0 aliphatic heterocycles. The van der Waals surface area contributed by atoms with Crippen LogP contribution in [-0.2, 0) is 13.1 Å². The molecule has 0 radical (unpaired) electrons. The molecule has 0 saturated carbocycles. The summed E-state index contributed by atoms with van der Waals surface area (Å²) < 4.78 is 29.5. The minimum Gasteiger partial charge on any atom is -0.496 e. The molecule has 0 aromatic heterocycles. The van der Waals surface area contributed by atoms with Crippen LogP contribution in [0.1, 0.15) is 16.7 Å². The van der Waals surface area contributed by atoms with E-state index in [1.807, 2.05) is 12.1 Å². The number of rotatable bonds is 7. The molecule has 0 aliphatic carbocycles. The van der Waals surface area contributed by atoms with E-state index in [4.69, 9.17) is 14.2 Å². The first-order valence-corrected chi connectivity index (χ1v) is 8.50. The van der Waals surface area contributed by atoms with E-state index in [0.717, 1.165) is 11.1 Å². The Labute approximate surface area is 182 Å². The summed E-state index contributed by atoms with van der Waals surface area (Å²) in [6, 6.07) is 8.68. The second kappa shape index (κ2) is 11.6. The summed E-state index contributed by atoms with van der Waals surface area (Å²) in [5.74, 6) is 2.33. The van der Waals surface area contributed by atoms with Crippen molar-refractivity contribution in [3.05, 3.63) is 52.8 Å². The normalized spacial score (nSPS) is 10.7. The monoisotopic (exact) mass is 503 g/mol. The number of nitrogens with zero attached hydrogens (tertiary/aromatic N) is 1. The molecular formula is C20H27FIN3O3. The summed E-state index contributed by atoms with van der Waals surface area (Å²) in [5.41, 5.74) is 2.49. The van der Waals surface area contributed by atoms with E-state index in [-0.39, 0.29) is 29.8 Å². The lowest BCUT2D eigenvalue weighted by molar-refractivity contribution is 0.347. The maximum Gasteiger partial charge on any atom is 0.191 e. The van der Waals surface area contributed by atoms with Gasteiger partial charge < -0.3 is 24.8 Å². The SMILES string of the molecule is CN=C(NCc1ccc(F)c(C)c1)NCc1cc(OC)c(OC)cc1OC.I. The minimum atomic E-state index is -0.207. The molecule has 0 atom stereocenters. The molecule has 0 heterocycles. The van der Waals surface area contributed by atoms with Crippen molar-refractivity contribution in [3.63, 3.8) is 0 Å². The van der Waals surface area contributed by atoms with E-state index in [0.29, 0.717) is 41.9 Å². The lowest BCUT2D eigenvalue weighted by atomic mass is 10.1. The van der Waals surface area contributed by atoms with Crippen molar-refractivity contribution in [1.82, 2.24) is 10.6 Å². The van der Waals surface area contributed by atoms with Gasteiger partial charge in [0.15, 0.2) is 17.5 Å². The van der Waals surface area contributed by atoms with Gasteiger partial charge in [-0.2, -0.15) is 0 Å². The first-order valence-electron chi connectivity index (χ1n) is 8.50. The summed E-state index contributed by atoms with van der Waals surface area (Å²) in [6.45, 7) is 2.75. The Morgan fingerprint density at radius 3 is 2.11 bits per heavy atom. The molecule has 0 fully saturated rings. The van der Waals surface area contributed by atoms with Crippen LogP contribution in [0.3, 0.4) is 0 Å². The van der Waals surface area contributed by atoms with Crippen molar-refractivity contribution in [1.29, 1.82) is 0 Å². The second-order valence-electron chi connectivity index (χ2n) is 5.88. The largest absolute Gasteiger partial charge is 0.496 e. The van der Waals surface area contributed by atoms with Crippen LogP contribution in [0.5, 0.6) is 17.2 Å². The summed E-state index contributed by atoms with van der Waals surface area (Å²) >= 11 is 0. The van der Waals surface area contributed by atoms with Crippen LogP contribution in [0.25, 0.3) is 0 Å². The van der Waals surface area contributed by atoms with Crippen LogP contribution >= 0.6 is 24.0 Å². The van der Waals surface area contributed by atoms with Crippen molar-refractivity contribution in [2.75, 3.05) is 28.4 Å². The summed E-state index contributed by atoms with van der Waals surface area (Å²) in [4.78, 5) is 4.21. The number of aryl methyl sites for hydroxylation is 1. The highest BCUT2D eigenvalue weighted by atomic mass is 127. The van der Waals surface area contributed by atoms with Crippen molar-refractivity contribution in [2.24, 2.45) is 4.99 Å². The maximum absolute atomic E-state index is 13.4. The fourth-order valence-electron chi connectivity index (χ4n) is 2.63. The molecule has 0 aliphatic rings. The highest BCUT2D eigenvalue weighted by molar-refractivity contribution is 14.0. The van der Waals surface area contributed by atoms with Gasteiger partial charge in [0.2, 0.25) is 0 Å². The van der Waals surface area contributed by atoms with Crippen LogP contribution in [0.2, 0.25) is 0 Å². The highest BCUT2D eigenvalue weighted by Crippen LogP contribution is 2.34. The quantitative estimate of drug-likeness (QED) is 0.343. The first kappa shape index (κ1) is 23.8. The predicted octanol–water partition coefficient (Wildman–Crippen LogP) is 3.64. The average molecular weight is 503 g/mol. The van der Waals surface area contributed by atoms with E-state index in [1.54, 1.807) is 47.4 Å². The minimum absolute atomic E-state index is 0. The van der Waals surface area contributed by atoms with E-state index < -0.39 is 0 Å². The Bertz CT molecular complexity index is 816. The van der Waals surface area contributed by atoms with E-state index >= 15 is 0 Å². The van der Waals surface area contributed by atoms with Gasteiger partial charge in [-0.05, 0) is 30.2 Å². The summed E-state index contributed by atoms with van der Waals surface area (Å²) in [6.07, 6.45) is 0. The van der Waals surface area contributed by atoms with Gasteiger partial charge in [-0.1, -0.05) is 12.1 Å². The molecule has 0 bridgehead atoms. The Kier molecular flexibility index (Phi) is 9.84. The third-order valence-corrected chi connectivity index (χ3v) is 4.14. The van der Waals surface area contributed by atoms with E-state index in [2.05, 4.69) is 15.6 Å². The van der Waals surface area contributed by atoms with E-state index in [9.17, 15) is 4.39 Å². The predicted molar refractivity (Wildman–Crippen MR) is 120 cm³/mol. The number of methoxy groups -OCH3 is 3. The zero-order chi connectivity index (χ0) is 19.8. The van der Waals surface area contributed by atoms with Crippen molar-refractivity contribution < 1.29 is 18.6 Å². The van der Waals surface area contributed by atoms with Gasteiger partial charge in [0, 0.05) is 31.8 Å². The molecular weight excluding hydrogens is 476 g/mol. The van der Waals surface area contributed by atoms with Gasteiger partial charge in [0.1, 0.15) is 11.6 Å². The Hall–Kier alpha value is -2.23. The molecule has 0 spiro atoms. The molecule has 2 aromatic rings. The number of hydrogen-bond acceptors (Lipinski definition) is 4. The van der Waals surface area contributed by atoms with Crippen LogP contribution in [-0.4, -0.2) is 34.3 Å². The molecule has 0 amide bonds. The zero-order valence-electron chi connectivity index (χ0n) is 16.8. The topological polar surface area (TPSA) is 64.1 Å². The number of hydrogen-bond donors (Lipinski definition) is 2. The standard InChI is InChI=1S/C20H26FN3O3.HI/c1-13-8-14(6-7-16(13)21)11-23-20(22-2)24-12-15-9-18(26-4)19(27-5)10-17(15)25-3;/h6-10H,11-12H2,1-5H3,(H2,22,23,24);1H. The number of guanidine groups is 1. The van der Waals surface area contributed by atoms with Gasteiger partial charge in [0.25, 0.3) is 0 Å². The van der Waals surface area contributed by atoms with Crippen molar-refractivity contribution in [3.8, 4) is 17.2 Å². The molecule has 28 heavy (non-hydrogen) atoms. The van der Waals surface area contributed by atoms with Gasteiger partial charge in [-0.3, -0.25) is 4.99 Å². The molecule has 2 aromatic carbocycles. The van der Waals surface area contributed by atoms with Gasteiger partial charge >= 0.3 is 0 Å². The van der Waals surface area contributed by atoms with Crippen LogP contribution < -0.4 is 24.8 Å². The molecule has 2 rings (SSSR count).